The van der Waals surface area contributed by atoms with Crippen molar-refractivity contribution >= 4 is 23.1 Å². The molecule has 9 heteroatoms. The molecule has 0 fully saturated rings. The van der Waals surface area contributed by atoms with Crippen LogP contribution in [0.2, 0.25) is 5.15 Å². The lowest BCUT2D eigenvalue weighted by atomic mass is 10.0. The van der Waals surface area contributed by atoms with Crippen LogP contribution in [0.15, 0.2) is 6.07 Å². The van der Waals surface area contributed by atoms with E-state index in [4.69, 9.17) is 23.1 Å². The quantitative estimate of drug-likeness (QED) is 0.335. The Labute approximate surface area is 107 Å². The number of nitro groups is 1. The van der Waals surface area contributed by atoms with Gasteiger partial charge in [-0.2, -0.15) is 0 Å². The fourth-order valence-corrected chi connectivity index (χ4v) is 1.66. The van der Waals surface area contributed by atoms with Crippen LogP contribution in [0.5, 0.6) is 0 Å². The molecule has 0 bridgehead atoms. The maximum Gasteiger partial charge on any atom is 0.311 e. The van der Waals surface area contributed by atoms with E-state index in [1.807, 2.05) is 0 Å². The molecule has 0 aliphatic rings. The Hall–Kier alpha value is -1.48. The highest BCUT2D eigenvalue weighted by atomic mass is 35.5. The molecule has 0 spiro atoms. The number of aliphatic hydroxyl groups is 2. The van der Waals surface area contributed by atoms with Crippen molar-refractivity contribution in [1.29, 1.82) is 0 Å². The van der Waals surface area contributed by atoms with Crippen LogP contribution in [-0.4, -0.2) is 32.8 Å². The minimum Gasteiger partial charge on any atom is -0.390 e. The molecular formula is C9H13ClN4O4. The van der Waals surface area contributed by atoms with Crippen molar-refractivity contribution in [1.82, 2.24) is 4.98 Å². The summed E-state index contributed by atoms with van der Waals surface area (Å²) in [6, 6.07) is 0.995. The molecule has 1 rings (SSSR count). The van der Waals surface area contributed by atoms with E-state index in [9.17, 15) is 20.3 Å². The fourth-order valence-electron chi connectivity index (χ4n) is 1.40. The molecule has 8 nitrogen and oxygen atoms in total. The maximum atomic E-state index is 10.7. The summed E-state index contributed by atoms with van der Waals surface area (Å²) in [6.07, 6.45) is -2.47. The van der Waals surface area contributed by atoms with Gasteiger partial charge in [-0.15, -0.1) is 0 Å². The Kier molecular flexibility index (Phi) is 4.79. The van der Waals surface area contributed by atoms with E-state index in [1.54, 1.807) is 0 Å². The molecule has 2 atom stereocenters. The molecule has 0 aliphatic heterocycles. The van der Waals surface area contributed by atoms with Gasteiger partial charge < -0.3 is 21.7 Å². The van der Waals surface area contributed by atoms with Crippen LogP contribution in [-0.2, 0) is 0 Å². The highest BCUT2D eigenvalue weighted by Crippen LogP contribution is 2.31. The van der Waals surface area contributed by atoms with Crippen molar-refractivity contribution < 1.29 is 15.1 Å². The predicted molar refractivity (Wildman–Crippen MR) is 65.0 cm³/mol. The molecule has 6 N–H and O–H groups in total. The van der Waals surface area contributed by atoms with Gasteiger partial charge in [0.1, 0.15) is 11.3 Å². The van der Waals surface area contributed by atoms with Gasteiger partial charge >= 0.3 is 5.69 Å². The number of nitrogens with two attached hydrogens (primary N) is 2. The Morgan fingerprint density at radius 2 is 2.17 bits per heavy atom. The summed E-state index contributed by atoms with van der Waals surface area (Å²) in [5.41, 5.74) is 10.0. The van der Waals surface area contributed by atoms with Crippen LogP contribution in [0.3, 0.4) is 0 Å². The van der Waals surface area contributed by atoms with Gasteiger partial charge in [-0.25, -0.2) is 4.98 Å². The second-order valence-corrected chi connectivity index (χ2v) is 3.98. The average Bonchev–Trinajstić information content (AvgIpc) is 2.28. The van der Waals surface area contributed by atoms with Crippen LogP contribution < -0.4 is 11.5 Å². The first-order chi connectivity index (χ1) is 8.38. The molecular weight excluding hydrogens is 264 g/mol. The lowest BCUT2D eigenvalue weighted by molar-refractivity contribution is -0.384. The summed E-state index contributed by atoms with van der Waals surface area (Å²) in [5.74, 6) is -0.353. The summed E-state index contributed by atoms with van der Waals surface area (Å²) >= 11 is 5.73. The first-order valence-electron chi connectivity index (χ1n) is 5.05. The molecule has 100 valence electrons. The average molecular weight is 277 g/mol. The van der Waals surface area contributed by atoms with E-state index in [0.29, 0.717) is 0 Å². The molecule has 2 unspecified atom stereocenters. The third-order valence-electron chi connectivity index (χ3n) is 2.35. The smallest absolute Gasteiger partial charge is 0.311 e. The van der Waals surface area contributed by atoms with Crippen LogP contribution >= 0.6 is 11.6 Å². The normalized spacial score (nSPS) is 14.2. The molecule has 1 aromatic heterocycles. The van der Waals surface area contributed by atoms with Crippen molar-refractivity contribution in [3.8, 4) is 0 Å². The van der Waals surface area contributed by atoms with E-state index in [0.717, 1.165) is 6.07 Å². The topological polar surface area (TPSA) is 149 Å². The molecule has 1 aromatic rings. The minimum atomic E-state index is -1.41. The molecule has 0 aliphatic carbocycles. The highest BCUT2D eigenvalue weighted by molar-refractivity contribution is 6.30. The zero-order valence-corrected chi connectivity index (χ0v) is 10.0. The summed E-state index contributed by atoms with van der Waals surface area (Å²) in [5, 5.41) is 29.9. The van der Waals surface area contributed by atoms with Crippen molar-refractivity contribution in [2.75, 3.05) is 12.3 Å². The minimum absolute atomic E-state index is 0.0569. The Morgan fingerprint density at radius 3 is 2.67 bits per heavy atom. The summed E-state index contributed by atoms with van der Waals surface area (Å²) in [7, 11) is 0. The number of nitrogen functional groups attached to an aromatic ring is 1. The first kappa shape index (κ1) is 14.6. The number of aliphatic hydroxyl groups excluding tert-OH is 2. The zero-order valence-electron chi connectivity index (χ0n) is 9.28. The molecule has 0 saturated heterocycles. The lowest BCUT2D eigenvalue weighted by Gasteiger charge is -2.18. The number of hydrogen-bond donors (Lipinski definition) is 4. The summed E-state index contributed by atoms with van der Waals surface area (Å²) < 4.78 is 0. The van der Waals surface area contributed by atoms with Gasteiger partial charge in [0.15, 0.2) is 0 Å². The second-order valence-electron chi connectivity index (χ2n) is 3.62. The molecule has 0 radical (unpaired) electrons. The predicted octanol–water partition coefficient (Wildman–Crippen LogP) is -0.0315. The molecule has 18 heavy (non-hydrogen) atoms. The first-order valence-corrected chi connectivity index (χ1v) is 5.42. The van der Waals surface area contributed by atoms with Gasteiger partial charge in [0.25, 0.3) is 0 Å². The van der Waals surface area contributed by atoms with Crippen LogP contribution in [0.1, 0.15) is 18.1 Å². The largest absolute Gasteiger partial charge is 0.390 e. The molecule has 0 aromatic carbocycles. The van der Waals surface area contributed by atoms with Gasteiger partial charge in [0.2, 0.25) is 5.82 Å². The van der Waals surface area contributed by atoms with E-state index < -0.39 is 22.8 Å². The van der Waals surface area contributed by atoms with Crippen molar-refractivity contribution in [3.05, 3.63) is 26.9 Å². The van der Waals surface area contributed by atoms with Crippen molar-refractivity contribution in [2.45, 2.75) is 18.6 Å². The van der Waals surface area contributed by atoms with E-state index >= 15 is 0 Å². The number of nitrogens with zero attached hydrogens (tertiary/aromatic N) is 2. The fraction of sp³-hybridized carbons (Fsp3) is 0.444. The third-order valence-corrected chi connectivity index (χ3v) is 2.66. The van der Waals surface area contributed by atoms with Gasteiger partial charge in [-0.3, -0.25) is 10.1 Å². The van der Waals surface area contributed by atoms with Crippen molar-refractivity contribution in [3.63, 3.8) is 0 Å². The van der Waals surface area contributed by atoms with Crippen LogP contribution in [0.25, 0.3) is 0 Å². The Balaban J connectivity index is 3.15. The Morgan fingerprint density at radius 1 is 1.56 bits per heavy atom. The number of aromatic nitrogens is 1. The van der Waals surface area contributed by atoms with E-state index in [-0.39, 0.29) is 29.5 Å². The van der Waals surface area contributed by atoms with Crippen LogP contribution in [0.4, 0.5) is 11.5 Å². The molecule has 0 saturated carbocycles. The highest BCUT2D eigenvalue weighted by Gasteiger charge is 2.25. The molecule has 0 amide bonds. The third kappa shape index (κ3) is 3.05. The SMILES string of the molecule is NCCC(O)C(O)c1cc([N+](=O)[O-])c(N)nc1Cl. The zero-order chi connectivity index (χ0) is 13.9. The van der Waals surface area contributed by atoms with Crippen molar-refractivity contribution in [2.24, 2.45) is 5.73 Å². The monoisotopic (exact) mass is 276 g/mol. The molecule has 1 heterocycles. The number of pyridine rings is 1. The number of anilines is 1. The van der Waals surface area contributed by atoms with Gasteiger partial charge in [0.05, 0.1) is 11.0 Å². The number of hydrogen-bond acceptors (Lipinski definition) is 7. The Bertz CT molecular complexity index is 456. The van der Waals surface area contributed by atoms with Gasteiger partial charge in [-0.05, 0) is 13.0 Å². The summed E-state index contributed by atoms with van der Waals surface area (Å²) in [6.45, 7) is 0.153. The second kappa shape index (κ2) is 5.91. The van der Waals surface area contributed by atoms with Crippen LogP contribution in [0, 0.1) is 10.1 Å². The van der Waals surface area contributed by atoms with Gasteiger partial charge in [-0.1, -0.05) is 11.6 Å². The number of rotatable bonds is 5. The van der Waals surface area contributed by atoms with Gasteiger partial charge in [0, 0.05) is 11.6 Å². The summed E-state index contributed by atoms with van der Waals surface area (Å²) in [4.78, 5) is 13.5. The van der Waals surface area contributed by atoms with E-state index in [1.165, 1.54) is 0 Å². The standard InChI is InChI=1S/C9H13ClN4O4/c10-8-4(7(16)6(15)1-2-11)3-5(14(17)18)9(12)13-8/h3,6-7,15-16H,1-2,11H2,(H2,12,13). The number of halogens is 1. The maximum absolute atomic E-state index is 10.7. The van der Waals surface area contributed by atoms with E-state index in [2.05, 4.69) is 4.98 Å². The lowest BCUT2D eigenvalue weighted by Crippen LogP contribution is -2.22.